The van der Waals surface area contributed by atoms with Crippen molar-refractivity contribution in [1.82, 2.24) is 14.1 Å². The maximum Gasteiger partial charge on any atom is 0.333 e. The molecule has 0 radical (unpaired) electrons. The van der Waals surface area contributed by atoms with Gasteiger partial charge in [0.25, 0.3) is 0 Å². The van der Waals surface area contributed by atoms with E-state index in [4.69, 9.17) is 9.47 Å². The number of pyridine rings is 1. The Kier molecular flexibility index (Phi) is 6.68. The van der Waals surface area contributed by atoms with Crippen LogP contribution in [0.15, 0.2) is 100 Å². The van der Waals surface area contributed by atoms with Gasteiger partial charge in [0.15, 0.2) is 0 Å². The van der Waals surface area contributed by atoms with Gasteiger partial charge in [-0.2, -0.15) is 4.98 Å². The molecule has 0 fully saturated rings. The van der Waals surface area contributed by atoms with Gasteiger partial charge in [0.2, 0.25) is 11.8 Å². The van der Waals surface area contributed by atoms with Gasteiger partial charge in [-0.05, 0) is 42.3 Å². The molecule has 0 atom stereocenters. The smallest absolute Gasteiger partial charge is 0.333 e. The fourth-order valence-corrected chi connectivity index (χ4v) is 4.35. The van der Waals surface area contributed by atoms with Crippen molar-refractivity contribution in [3.05, 3.63) is 117 Å². The Hall–Kier alpha value is -3.84. The molecule has 0 aliphatic heterocycles. The molecule has 0 unspecified atom stereocenters. The quantitative estimate of drug-likeness (QED) is 0.242. The van der Waals surface area contributed by atoms with E-state index in [1.54, 1.807) is 15.2 Å². The van der Waals surface area contributed by atoms with Gasteiger partial charge in [-0.15, -0.1) is 0 Å². The molecule has 2 aromatic heterocycles. The van der Waals surface area contributed by atoms with E-state index in [9.17, 15) is 4.79 Å². The van der Waals surface area contributed by atoms with Crippen molar-refractivity contribution in [3.8, 4) is 17.4 Å². The molecule has 35 heavy (non-hydrogen) atoms. The third-order valence-electron chi connectivity index (χ3n) is 5.71. The van der Waals surface area contributed by atoms with Crippen LogP contribution in [0.1, 0.15) is 18.1 Å². The van der Waals surface area contributed by atoms with Crippen molar-refractivity contribution >= 4 is 27.0 Å². The molecule has 6 nitrogen and oxygen atoms in total. The Labute approximate surface area is 211 Å². The number of aryl methyl sites for hydroxylation is 1. The molecule has 0 N–H and O–H groups in total. The lowest BCUT2D eigenvalue weighted by atomic mass is 10.2. The molecular formula is C28H24BrN3O3. The highest BCUT2D eigenvalue weighted by atomic mass is 79.9. The van der Waals surface area contributed by atoms with Gasteiger partial charge in [-0.1, -0.05) is 76.6 Å². The zero-order chi connectivity index (χ0) is 24.2. The van der Waals surface area contributed by atoms with Gasteiger partial charge >= 0.3 is 5.69 Å². The van der Waals surface area contributed by atoms with Gasteiger partial charge < -0.3 is 9.47 Å². The number of nitrogens with zero attached hydrogens (tertiary/aromatic N) is 3. The molecule has 0 saturated heterocycles. The lowest BCUT2D eigenvalue weighted by Crippen LogP contribution is -2.23. The Bertz CT molecular complexity index is 1510. The monoisotopic (exact) mass is 529 g/mol. The first-order valence-corrected chi connectivity index (χ1v) is 12.2. The fourth-order valence-electron chi connectivity index (χ4n) is 4.00. The molecule has 3 aromatic carbocycles. The third-order valence-corrected chi connectivity index (χ3v) is 6.20. The summed E-state index contributed by atoms with van der Waals surface area (Å²) in [5, 5.41) is 0. The lowest BCUT2D eigenvalue weighted by molar-refractivity contribution is 0.267. The summed E-state index contributed by atoms with van der Waals surface area (Å²) in [5.74, 6) is 0.760. The van der Waals surface area contributed by atoms with Crippen LogP contribution in [0.25, 0.3) is 16.7 Å². The second-order valence-corrected chi connectivity index (χ2v) is 8.93. The largest absolute Gasteiger partial charge is 0.473 e. The van der Waals surface area contributed by atoms with Gasteiger partial charge in [-0.25, -0.2) is 4.79 Å². The second kappa shape index (κ2) is 10.2. The Balaban J connectivity index is 1.57. The van der Waals surface area contributed by atoms with E-state index in [1.165, 1.54) is 0 Å². The minimum atomic E-state index is -0.148. The predicted molar refractivity (Wildman–Crippen MR) is 140 cm³/mol. The normalized spacial score (nSPS) is 11.0. The molecule has 2 heterocycles. The summed E-state index contributed by atoms with van der Waals surface area (Å²) in [6, 6.07) is 29.2. The van der Waals surface area contributed by atoms with Crippen LogP contribution in [-0.2, 0) is 19.8 Å². The van der Waals surface area contributed by atoms with E-state index < -0.39 is 0 Å². The van der Waals surface area contributed by atoms with Crippen molar-refractivity contribution in [2.45, 2.75) is 26.7 Å². The van der Waals surface area contributed by atoms with Crippen LogP contribution in [-0.4, -0.2) is 14.1 Å². The second-order valence-electron chi connectivity index (χ2n) is 8.02. The van der Waals surface area contributed by atoms with E-state index in [-0.39, 0.29) is 5.69 Å². The summed E-state index contributed by atoms with van der Waals surface area (Å²) in [4.78, 5) is 18.1. The van der Waals surface area contributed by atoms with Crippen molar-refractivity contribution in [1.29, 1.82) is 0 Å². The average Bonchev–Trinajstić information content (AvgIpc) is 3.17. The minimum absolute atomic E-state index is 0.148. The van der Waals surface area contributed by atoms with Crippen LogP contribution >= 0.6 is 15.9 Å². The first kappa shape index (κ1) is 22.9. The molecule has 176 valence electrons. The first-order valence-electron chi connectivity index (χ1n) is 11.4. The maximum atomic E-state index is 13.4. The van der Waals surface area contributed by atoms with Crippen molar-refractivity contribution in [3.63, 3.8) is 0 Å². The highest BCUT2D eigenvalue weighted by Crippen LogP contribution is 2.29. The number of halogens is 1. The van der Waals surface area contributed by atoms with Gasteiger partial charge in [0.05, 0.1) is 11.0 Å². The highest BCUT2D eigenvalue weighted by Gasteiger charge is 2.19. The van der Waals surface area contributed by atoms with Crippen LogP contribution in [0.3, 0.4) is 0 Å². The van der Waals surface area contributed by atoms with Crippen LogP contribution in [0.4, 0.5) is 0 Å². The molecule has 5 aromatic rings. The molecule has 0 amide bonds. The molecule has 0 spiro atoms. The fraction of sp³-hybridized carbons (Fsp3) is 0.143. The van der Waals surface area contributed by atoms with Crippen LogP contribution in [0.5, 0.6) is 11.8 Å². The molecule has 5 rings (SSSR count). The minimum Gasteiger partial charge on any atom is -0.473 e. The van der Waals surface area contributed by atoms with Crippen molar-refractivity contribution in [2.24, 2.45) is 0 Å². The molecule has 0 aliphatic rings. The van der Waals surface area contributed by atoms with E-state index in [0.717, 1.165) is 26.6 Å². The summed E-state index contributed by atoms with van der Waals surface area (Å²) in [5.41, 5.74) is 4.08. The van der Waals surface area contributed by atoms with E-state index in [2.05, 4.69) is 20.9 Å². The predicted octanol–water partition coefficient (Wildman–Crippen LogP) is 6.13. The third kappa shape index (κ3) is 4.86. The number of aromatic nitrogens is 3. The number of hydrogen-bond acceptors (Lipinski definition) is 4. The first-order chi connectivity index (χ1) is 17.1. The Morgan fingerprint density at radius 2 is 1.46 bits per heavy atom. The van der Waals surface area contributed by atoms with E-state index >= 15 is 0 Å². The average molecular weight is 530 g/mol. The zero-order valence-corrected chi connectivity index (χ0v) is 20.8. The SMILES string of the molecule is CCn1c(=O)n(-c2ccc(OCc3ccccc3)nc2OCc2ccccc2)c2ccc(Br)cc21. The standard InChI is InChI=1S/C28H24BrN3O3/c1-2-31-25-17-22(29)13-14-23(25)32(28(31)33)24-15-16-26(34-18-20-9-5-3-6-10-20)30-27(24)35-19-21-11-7-4-8-12-21/h3-17H,2,18-19H2,1H3. The molecule has 0 aliphatic carbocycles. The number of imidazole rings is 1. The number of fused-ring (bicyclic) bond motifs is 1. The van der Waals surface area contributed by atoms with Gasteiger partial charge in [0.1, 0.15) is 18.9 Å². The summed E-state index contributed by atoms with van der Waals surface area (Å²) in [7, 11) is 0. The van der Waals surface area contributed by atoms with E-state index in [1.807, 2.05) is 91.9 Å². The zero-order valence-electron chi connectivity index (χ0n) is 19.2. The molecule has 7 heteroatoms. The summed E-state index contributed by atoms with van der Waals surface area (Å²) in [6.45, 7) is 3.20. The van der Waals surface area contributed by atoms with Crippen LogP contribution in [0, 0.1) is 0 Å². The van der Waals surface area contributed by atoms with E-state index in [0.29, 0.717) is 37.2 Å². The Morgan fingerprint density at radius 3 is 2.11 bits per heavy atom. The van der Waals surface area contributed by atoms with Crippen LogP contribution in [0.2, 0.25) is 0 Å². The number of benzene rings is 3. The molecule has 0 saturated carbocycles. The topological polar surface area (TPSA) is 58.3 Å². The lowest BCUT2D eigenvalue weighted by Gasteiger charge is -2.14. The van der Waals surface area contributed by atoms with Crippen molar-refractivity contribution in [2.75, 3.05) is 0 Å². The van der Waals surface area contributed by atoms with Crippen LogP contribution < -0.4 is 15.2 Å². The summed E-state index contributed by atoms with van der Waals surface area (Å²) < 4.78 is 16.4. The van der Waals surface area contributed by atoms with Gasteiger partial charge in [-0.3, -0.25) is 9.13 Å². The number of rotatable bonds is 8. The maximum absolute atomic E-state index is 13.4. The summed E-state index contributed by atoms with van der Waals surface area (Å²) >= 11 is 3.52. The number of hydrogen-bond donors (Lipinski definition) is 0. The number of ether oxygens (including phenoxy) is 2. The summed E-state index contributed by atoms with van der Waals surface area (Å²) in [6.07, 6.45) is 0. The van der Waals surface area contributed by atoms with Gasteiger partial charge in [0, 0.05) is 17.1 Å². The highest BCUT2D eigenvalue weighted by molar-refractivity contribution is 9.10. The van der Waals surface area contributed by atoms with Crippen molar-refractivity contribution < 1.29 is 9.47 Å². The molecule has 0 bridgehead atoms. The Morgan fingerprint density at radius 1 is 0.800 bits per heavy atom. The molecular weight excluding hydrogens is 506 g/mol.